The molecule has 0 radical (unpaired) electrons. The Labute approximate surface area is 229 Å². The maximum absolute atomic E-state index is 12.4. The summed E-state index contributed by atoms with van der Waals surface area (Å²) in [7, 11) is 0. The van der Waals surface area contributed by atoms with E-state index in [1.807, 2.05) is 109 Å². The van der Waals surface area contributed by atoms with Gasteiger partial charge in [-0.3, -0.25) is 4.79 Å². The molecule has 0 aromatic heterocycles. The molecule has 5 aromatic carbocycles. The molecule has 4 heteroatoms. The largest absolute Gasteiger partial charge is 0.481 e. The van der Waals surface area contributed by atoms with Crippen molar-refractivity contribution in [3.63, 3.8) is 0 Å². The van der Waals surface area contributed by atoms with Crippen molar-refractivity contribution in [2.45, 2.75) is 24.5 Å². The second-order valence-corrected chi connectivity index (χ2v) is 9.82. The topological polar surface area (TPSA) is 66.8 Å². The number of ether oxygens (including phenoxy) is 1. The van der Waals surface area contributed by atoms with E-state index in [1.165, 1.54) is 0 Å². The monoisotopic (exact) mass is 516 g/mol. The lowest BCUT2D eigenvalue weighted by molar-refractivity contribution is -0.151. The van der Waals surface area contributed by atoms with Gasteiger partial charge in [-0.25, -0.2) is 0 Å². The third-order valence-corrected chi connectivity index (χ3v) is 7.34. The van der Waals surface area contributed by atoms with E-state index in [4.69, 9.17) is 4.74 Å². The molecule has 0 fully saturated rings. The Balaban J connectivity index is 1.43. The van der Waals surface area contributed by atoms with Crippen molar-refractivity contribution in [1.82, 2.24) is 0 Å². The zero-order chi connectivity index (χ0) is 27.1. The summed E-state index contributed by atoms with van der Waals surface area (Å²) in [5.74, 6) is -2.18. The van der Waals surface area contributed by atoms with Gasteiger partial charge in [0.05, 0.1) is 12.7 Å². The first-order valence-electron chi connectivity index (χ1n) is 13.3. The van der Waals surface area contributed by atoms with Crippen molar-refractivity contribution in [2.75, 3.05) is 6.61 Å². The fourth-order valence-corrected chi connectivity index (χ4v) is 5.24. The Kier molecular flexibility index (Phi) is 8.16. The summed E-state index contributed by atoms with van der Waals surface area (Å²) in [6.45, 7) is -0.160. The van der Waals surface area contributed by atoms with Gasteiger partial charge in [0.15, 0.2) is 0 Å². The molecule has 0 aliphatic heterocycles. The molecule has 0 aliphatic carbocycles. The number of carboxylic acids is 1. The first-order valence-corrected chi connectivity index (χ1v) is 13.3. The first kappa shape index (κ1) is 26.4. The van der Waals surface area contributed by atoms with Crippen LogP contribution in [0.15, 0.2) is 133 Å². The maximum Gasteiger partial charge on any atom is 0.311 e. The minimum absolute atomic E-state index is 0.160. The first-order chi connectivity index (χ1) is 19.1. The highest BCUT2D eigenvalue weighted by molar-refractivity contribution is 5.83. The summed E-state index contributed by atoms with van der Waals surface area (Å²) in [5.41, 5.74) is 2.67. The quantitative estimate of drug-likeness (QED) is 0.189. The Morgan fingerprint density at radius 2 is 1.15 bits per heavy atom. The summed E-state index contributed by atoms with van der Waals surface area (Å²) in [4.78, 5) is 12.4. The molecule has 0 saturated carbocycles. The number of benzene rings is 5. The van der Waals surface area contributed by atoms with Gasteiger partial charge in [0.25, 0.3) is 0 Å². The number of hydrogen-bond donors (Lipinski definition) is 2. The predicted octanol–water partition coefficient (Wildman–Crippen LogP) is 6.84. The number of rotatable bonds is 11. The van der Waals surface area contributed by atoms with Gasteiger partial charge >= 0.3 is 5.97 Å². The summed E-state index contributed by atoms with van der Waals surface area (Å²) >= 11 is 0. The van der Waals surface area contributed by atoms with Crippen molar-refractivity contribution in [1.29, 1.82) is 0 Å². The van der Waals surface area contributed by atoms with Crippen molar-refractivity contribution < 1.29 is 19.7 Å². The maximum atomic E-state index is 12.4. The number of fused-ring (bicyclic) bond motifs is 1. The van der Waals surface area contributed by atoms with E-state index in [-0.39, 0.29) is 6.61 Å². The molecule has 0 bridgehead atoms. The summed E-state index contributed by atoms with van der Waals surface area (Å²) in [5, 5.41) is 23.5. The lowest BCUT2D eigenvalue weighted by Crippen LogP contribution is -2.39. The number of hydrogen-bond acceptors (Lipinski definition) is 3. The normalized spacial score (nSPS) is 13.2. The van der Waals surface area contributed by atoms with Gasteiger partial charge in [-0.1, -0.05) is 133 Å². The molecule has 2 N–H and O–H groups in total. The number of aliphatic carboxylic acids is 1. The Morgan fingerprint density at radius 3 is 1.67 bits per heavy atom. The van der Waals surface area contributed by atoms with Gasteiger partial charge in [0, 0.05) is 0 Å². The third-order valence-electron chi connectivity index (χ3n) is 7.34. The molecule has 5 rings (SSSR count). The van der Waals surface area contributed by atoms with Crippen molar-refractivity contribution in [3.05, 3.63) is 156 Å². The van der Waals surface area contributed by atoms with Gasteiger partial charge < -0.3 is 14.9 Å². The van der Waals surface area contributed by atoms with Crippen LogP contribution >= 0.6 is 0 Å². The standard InChI is InChI=1S/C35H32O4/c36-33(23-21-26-20-22-27-12-10-11-13-28(27)24-26)32(34(37)38)25-39-35(29-14-4-1-5-15-29,30-16-6-2-7-17-30)31-18-8-3-9-19-31/h1-20,22,24,32-33,36H,21,23,25H2,(H,37,38)/t32-,33-/m0/s1. The number of carbonyl (C=O) groups is 1. The summed E-state index contributed by atoms with van der Waals surface area (Å²) in [6.07, 6.45) is -0.195. The molecule has 196 valence electrons. The summed E-state index contributed by atoms with van der Waals surface area (Å²) < 4.78 is 6.70. The molecular weight excluding hydrogens is 484 g/mol. The fraction of sp³-hybridized carbons (Fsp3) is 0.171. The molecule has 0 unspecified atom stereocenters. The second kappa shape index (κ2) is 12.1. The van der Waals surface area contributed by atoms with Crippen molar-refractivity contribution >= 4 is 16.7 Å². The van der Waals surface area contributed by atoms with Crippen molar-refractivity contribution in [3.8, 4) is 0 Å². The smallest absolute Gasteiger partial charge is 0.311 e. The van der Waals surface area contributed by atoms with Gasteiger partial charge in [-0.2, -0.15) is 0 Å². The molecule has 0 saturated heterocycles. The predicted molar refractivity (Wildman–Crippen MR) is 155 cm³/mol. The highest BCUT2D eigenvalue weighted by atomic mass is 16.5. The van der Waals surface area contributed by atoms with E-state index < -0.39 is 23.6 Å². The van der Waals surface area contributed by atoms with E-state index in [0.717, 1.165) is 33.0 Å². The molecule has 0 heterocycles. The van der Waals surface area contributed by atoms with Crippen LogP contribution in [0.4, 0.5) is 0 Å². The molecule has 0 spiro atoms. The highest BCUT2D eigenvalue weighted by Gasteiger charge is 2.40. The SMILES string of the molecule is O=C(O)[C@@H](COC(c1ccccc1)(c1ccccc1)c1ccccc1)[C@@H](O)CCc1ccc2ccccc2c1. The van der Waals surface area contributed by atoms with Gasteiger partial charge in [0.2, 0.25) is 0 Å². The zero-order valence-electron chi connectivity index (χ0n) is 21.7. The lowest BCUT2D eigenvalue weighted by Gasteiger charge is -2.37. The average Bonchev–Trinajstić information content (AvgIpc) is 2.99. The fourth-order valence-electron chi connectivity index (χ4n) is 5.24. The van der Waals surface area contributed by atoms with E-state index in [9.17, 15) is 15.0 Å². The minimum Gasteiger partial charge on any atom is -0.481 e. The number of aryl methyl sites for hydroxylation is 1. The van der Waals surface area contributed by atoms with Crippen LogP contribution < -0.4 is 0 Å². The Hall–Kier alpha value is -4.25. The average molecular weight is 517 g/mol. The van der Waals surface area contributed by atoms with Crippen LogP contribution in [-0.2, 0) is 21.6 Å². The Bertz CT molecular complexity index is 1400. The van der Waals surface area contributed by atoms with E-state index in [2.05, 4.69) is 24.3 Å². The minimum atomic E-state index is -1.10. The molecule has 0 aliphatic rings. The summed E-state index contributed by atoms with van der Waals surface area (Å²) in [6, 6.07) is 43.8. The number of carboxylic acid groups (broad SMARTS) is 1. The second-order valence-electron chi connectivity index (χ2n) is 9.82. The lowest BCUT2D eigenvalue weighted by atomic mass is 9.80. The van der Waals surface area contributed by atoms with Crippen LogP contribution in [0.1, 0.15) is 28.7 Å². The van der Waals surface area contributed by atoms with E-state index in [1.54, 1.807) is 0 Å². The Morgan fingerprint density at radius 1 is 0.667 bits per heavy atom. The molecule has 39 heavy (non-hydrogen) atoms. The number of aliphatic hydroxyl groups excluding tert-OH is 1. The third kappa shape index (κ3) is 5.78. The van der Waals surface area contributed by atoms with Gasteiger partial charge in [0.1, 0.15) is 11.5 Å². The van der Waals surface area contributed by atoms with E-state index >= 15 is 0 Å². The van der Waals surface area contributed by atoms with Crippen molar-refractivity contribution in [2.24, 2.45) is 5.92 Å². The molecule has 2 atom stereocenters. The van der Waals surface area contributed by atoms with Crippen LogP contribution in [0.5, 0.6) is 0 Å². The zero-order valence-corrected chi connectivity index (χ0v) is 21.7. The van der Waals surface area contributed by atoms with Crippen LogP contribution in [0.2, 0.25) is 0 Å². The molecular formula is C35H32O4. The van der Waals surface area contributed by atoms with E-state index in [0.29, 0.717) is 12.8 Å². The van der Waals surface area contributed by atoms with Crippen LogP contribution in [0, 0.1) is 5.92 Å². The van der Waals surface area contributed by atoms with Gasteiger partial charge in [-0.15, -0.1) is 0 Å². The van der Waals surface area contributed by atoms with Crippen LogP contribution in [0.25, 0.3) is 10.8 Å². The molecule has 0 amide bonds. The highest BCUT2D eigenvalue weighted by Crippen LogP contribution is 2.41. The van der Waals surface area contributed by atoms with Crippen LogP contribution in [0.3, 0.4) is 0 Å². The molecule has 5 aromatic rings. The molecule has 4 nitrogen and oxygen atoms in total. The number of aliphatic hydroxyl groups is 1. The van der Waals surface area contributed by atoms with Gasteiger partial charge in [-0.05, 0) is 45.9 Å². The van der Waals surface area contributed by atoms with Crippen LogP contribution in [-0.4, -0.2) is 28.9 Å².